The van der Waals surface area contributed by atoms with Crippen LogP contribution in [0.3, 0.4) is 0 Å². The molecule has 3 saturated heterocycles. The van der Waals surface area contributed by atoms with Crippen LogP contribution in [-0.2, 0) is 19.0 Å². The average molecular weight is 535 g/mol. The minimum absolute atomic E-state index is 0.0505. The summed E-state index contributed by atoms with van der Waals surface area (Å²) in [5.74, 6) is -0.429. The number of hydrogen-bond donors (Lipinski definition) is 0. The normalized spacial score (nSPS) is 20.2. The molecule has 1 amide bonds. The van der Waals surface area contributed by atoms with Crippen LogP contribution in [0.5, 0.6) is 0 Å². The molecule has 0 N–H and O–H groups in total. The van der Waals surface area contributed by atoms with Gasteiger partial charge in [0, 0.05) is 60.6 Å². The molecule has 186 valence electrons. The van der Waals surface area contributed by atoms with Crippen molar-refractivity contribution in [2.24, 2.45) is 0 Å². The van der Waals surface area contributed by atoms with E-state index in [1.54, 1.807) is 28.8 Å². The average Bonchev–Trinajstić information content (AvgIpc) is 3.35. The molecule has 0 aromatic heterocycles. The summed E-state index contributed by atoms with van der Waals surface area (Å²) in [6.45, 7) is 5.51. The Labute approximate surface area is 220 Å². The van der Waals surface area contributed by atoms with Gasteiger partial charge in [0.05, 0.1) is 36.5 Å². The third-order valence-electron chi connectivity index (χ3n) is 6.55. The van der Waals surface area contributed by atoms with E-state index in [2.05, 4.69) is 29.2 Å². The van der Waals surface area contributed by atoms with Gasteiger partial charge in [0.1, 0.15) is 0 Å². The van der Waals surface area contributed by atoms with Crippen molar-refractivity contribution in [3.05, 3.63) is 58.1 Å². The van der Waals surface area contributed by atoms with E-state index in [4.69, 9.17) is 37.4 Å². The van der Waals surface area contributed by atoms with Crippen molar-refractivity contribution in [3.63, 3.8) is 0 Å². The van der Waals surface area contributed by atoms with E-state index in [9.17, 15) is 4.79 Å². The van der Waals surface area contributed by atoms with Crippen molar-refractivity contribution >= 4 is 52.6 Å². The summed E-state index contributed by atoms with van der Waals surface area (Å²) < 4.78 is 17.0. The number of nitrogens with zero attached hydrogens (tertiary/aromatic N) is 2. The van der Waals surface area contributed by atoms with Crippen LogP contribution in [0.2, 0.25) is 10.0 Å². The number of halogens is 2. The molecule has 3 heterocycles. The smallest absolute Gasteiger partial charge is 0.246 e. The van der Waals surface area contributed by atoms with E-state index in [1.807, 2.05) is 12.1 Å². The van der Waals surface area contributed by atoms with E-state index < -0.39 is 0 Å². The molecular formula is C26H28Cl2N2O4S. The molecule has 2 aromatic rings. The predicted molar refractivity (Wildman–Crippen MR) is 140 cm³/mol. The lowest BCUT2D eigenvalue weighted by molar-refractivity contribution is -0.169. The van der Waals surface area contributed by atoms with E-state index in [-0.39, 0.29) is 11.7 Å². The SMILES string of the molecule is O=C(/C=C/c1ccc(Sc2cccc(N3CCC4(CC3)OCCO4)c2)c(Cl)c1Cl)N1CCOCC1. The number of hydrogen-bond acceptors (Lipinski definition) is 6. The van der Waals surface area contributed by atoms with Crippen LogP contribution in [-0.4, -0.2) is 69.2 Å². The number of ether oxygens (including phenoxy) is 3. The highest BCUT2D eigenvalue weighted by Crippen LogP contribution is 2.40. The minimum atomic E-state index is -0.379. The summed E-state index contributed by atoms with van der Waals surface area (Å²) in [6, 6.07) is 12.3. The summed E-state index contributed by atoms with van der Waals surface area (Å²) in [7, 11) is 0. The molecule has 9 heteroatoms. The summed E-state index contributed by atoms with van der Waals surface area (Å²) in [6.07, 6.45) is 5.01. The molecule has 0 radical (unpaired) electrons. The zero-order valence-electron chi connectivity index (χ0n) is 19.4. The molecule has 1 spiro atoms. The van der Waals surface area contributed by atoms with Gasteiger partial charge in [-0.15, -0.1) is 0 Å². The highest BCUT2D eigenvalue weighted by Gasteiger charge is 2.39. The number of morpholine rings is 1. The van der Waals surface area contributed by atoms with Gasteiger partial charge in [-0.3, -0.25) is 4.79 Å². The predicted octanol–water partition coefficient (Wildman–Crippen LogP) is 5.36. The first-order valence-electron chi connectivity index (χ1n) is 11.9. The Morgan fingerprint density at radius 1 is 0.943 bits per heavy atom. The van der Waals surface area contributed by atoms with E-state index in [0.717, 1.165) is 41.3 Å². The number of amides is 1. The number of piperidine rings is 1. The Balaban J connectivity index is 1.24. The topological polar surface area (TPSA) is 51.2 Å². The first-order valence-corrected chi connectivity index (χ1v) is 13.4. The molecule has 0 unspecified atom stereocenters. The van der Waals surface area contributed by atoms with Gasteiger partial charge in [-0.2, -0.15) is 0 Å². The van der Waals surface area contributed by atoms with Gasteiger partial charge < -0.3 is 24.0 Å². The van der Waals surface area contributed by atoms with Crippen LogP contribution in [0.1, 0.15) is 18.4 Å². The van der Waals surface area contributed by atoms with E-state index in [0.29, 0.717) is 49.6 Å². The molecule has 0 aliphatic carbocycles. The summed E-state index contributed by atoms with van der Waals surface area (Å²) in [4.78, 5) is 18.5. The number of carbonyl (C=O) groups is 1. The molecule has 35 heavy (non-hydrogen) atoms. The second-order valence-electron chi connectivity index (χ2n) is 8.75. The molecule has 3 fully saturated rings. The molecular weight excluding hydrogens is 507 g/mol. The maximum absolute atomic E-state index is 12.4. The maximum Gasteiger partial charge on any atom is 0.246 e. The Morgan fingerprint density at radius 2 is 1.69 bits per heavy atom. The highest BCUT2D eigenvalue weighted by atomic mass is 35.5. The second kappa shape index (κ2) is 11.1. The molecule has 3 aliphatic rings. The molecule has 5 rings (SSSR count). The third kappa shape index (κ3) is 5.82. The Morgan fingerprint density at radius 3 is 2.43 bits per heavy atom. The van der Waals surface area contributed by atoms with Crippen molar-refractivity contribution in [3.8, 4) is 0 Å². The summed E-state index contributed by atoms with van der Waals surface area (Å²) in [5, 5.41) is 0.926. The largest absolute Gasteiger partial charge is 0.378 e. The lowest BCUT2D eigenvalue weighted by Crippen LogP contribution is -2.45. The standard InChI is InChI=1S/C26H28Cl2N2O4S/c27-24-19(5-7-23(31)30-12-14-32-15-13-30)4-6-22(25(24)28)35-21-3-1-2-20(18-21)29-10-8-26(9-11-29)33-16-17-34-26/h1-7,18H,8-17H2/b7-5+. The molecule has 2 aromatic carbocycles. The zero-order valence-corrected chi connectivity index (χ0v) is 21.7. The van der Waals surface area contributed by atoms with Crippen molar-refractivity contribution < 1.29 is 19.0 Å². The van der Waals surface area contributed by atoms with Crippen molar-refractivity contribution in [2.45, 2.75) is 28.4 Å². The van der Waals surface area contributed by atoms with Crippen LogP contribution in [0.4, 0.5) is 5.69 Å². The van der Waals surface area contributed by atoms with Crippen LogP contribution in [0.15, 0.2) is 52.3 Å². The zero-order chi connectivity index (χ0) is 24.3. The molecule has 6 nitrogen and oxygen atoms in total. The number of rotatable bonds is 5. The van der Waals surface area contributed by atoms with Crippen LogP contribution < -0.4 is 4.90 Å². The van der Waals surface area contributed by atoms with E-state index in [1.165, 1.54) is 5.69 Å². The highest BCUT2D eigenvalue weighted by molar-refractivity contribution is 7.99. The fourth-order valence-corrected chi connectivity index (χ4v) is 6.05. The molecule has 0 bridgehead atoms. The van der Waals surface area contributed by atoms with Gasteiger partial charge in [-0.05, 0) is 35.9 Å². The summed E-state index contributed by atoms with van der Waals surface area (Å²) in [5.41, 5.74) is 1.89. The Kier molecular flexibility index (Phi) is 7.92. The van der Waals surface area contributed by atoms with Gasteiger partial charge in [-0.1, -0.05) is 47.1 Å². The third-order valence-corrected chi connectivity index (χ3v) is 8.61. The molecule has 0 saturated carbocycles. The van der Waals surface area contributed by atoms with Crippen LogP contribution in [0.25, 0.3) is 6.08 Å². The quantitative estimate of drug-likeness (QED) is 0.481. The van der Waals surface area contributed by atoms with Gasteiger partial charge in [-0.25, -0.2) is 0 Å². The van der Waals surface area contributed by atoms with E-state index >= 15 is 0 Å². The van der Waals surface area contributed by atoms with Crippen LogP contribution in [0, 0.1) is 0 Å². The molecule has 3 aliphatic heterocycles. The monoisotopic (exact) mass is 534 g/mol. The summed E-state index contributed by atoms with van der Waals surface area (Å²) >= 11 is 14.8. The van der Waals surface area contributed by atoms with Gasteiger partial charge in [0.2, 0.25) is 5.91 Å². The van der Waals surface area contributed by atoms with Crippen molar-refractivity contribution in [1.82, 2.24) is 4.90 Å². The number of benzene rings is 2. The first kappa shape index (κ1) is 24.9. The number of anilines is 1. The minimum Gasteiger partial charge on any atom is -0.378 e. The fraction of sp³-hybridized carbons (Fsp3) is 0.423. The maximum atomic E-state index is 12.4. The second-order valence-corrected chi connectivity index (χ2v) is 10.6. The lowest BCUT2D eigenvalue weighted by Gasteiger charge is -2.38. The first-order chi connectivity index (χ1) is 17.0. The van der Waals surface area contributed by atoms with Gasteiger partial charge in [0.15, 0.2) is 5.79 Å². The Hall–Kier alpha value is -1.74. The lowest BCUT2D eigenvalue weighted by atomic mass is 10.0. The molecule has 0 atom stereocenters. The van der Waals surface area contributed by atoms with Gasteiger partial charge >= 0.3 is 0 Å². The fourth-order valence-electron chi connectivity index (χ4n) is 4.57. The number of carbonyl (C=O) groups excluding carboxylic acids is 1. The van der Waals surface area contributed by atoms with Crippen molar-refractivity contribution in [2.75, 3.05) is 57.5 Å². The van der Waals surface area contributed by atoms with Crippen LogP contribution >= 0.6 is 35.0 Å². The Bertz CT molecular complexity index is 1090. The van der Waals surface area contributed by atoms with Crippen molar-refractivity contribution in [1.29, 1.82) is 0 Å². The van der Waals surface area contributed by atoms with Gasteiger partial charge in [0.25, 0.3) is 0 Å².